The molecular formula is C16H20N4O. The van der Waals surface area contributed by atoms with Gasteiger partial charge in [-0.1, -0.05) is 18.2 Å². The minimum Gasteiger partial charge on any atom is -0.352 e. The number of nitrogens with one attached hydrogen (secondary N) is 2. The molecule has 0 spiro atoms. The van der Waals surface area contributed by atoms with E-state index in [-0.39, 0.29) is 5.91 Å². The van der Waals surface area contributed by atoms with Gasteiger partial charge in [0.1, 0.15) is 0 Å². The average Bonchev–Trinajstić information content (AvgIpc) is 3.20. The second-order valence-electron chi connectivity index (χ2n) is 5.35. The maximum absolute atomic E-state index is 12.1. The van der Waals surface area contributed by atoms with Crippen LogP contribution in [0.15, 0.2) is 42.7 Å². The number of benzene rings is 1. The van der Waals surface area contributed by atoms with E-state index in [0.717, 1.165) is 18.7 Å². The molecule has 1 aromatic carbocycles. The third kappa shape index (κ3) is 3.49. The van der Waals surface area contributed by atoms with Crippen LogP contribution in [0.1, 0.15) is 29.6 Å². The Labute approximate surface area is 124 Å². The highest BCUT2D eigenvalue weighted by molar-refractivity contribution is 5.93. The van der Waals surface area contributed by atoms with Gasteiger partial charge in [-0.3, -0.25) is 4.79 Å². The summed E-state index contributed by atoms with van der Waals surface area (Å²) < 4.78 is 1.72. The van der Waals surface area contributed by atoms with Gasteiger partial charge in [-0.05, 0) is 37.9 Å². The SMILES string of the molecule is O=C(NCC[C@H]1CCCN1)c1cnn(-c2ccccc2)c1. The molecule has 1 aliphatic heterocycles. The average molecular weight is 284 g/mol. The zero-order valence-corrected chi connectivity index (χ0v) is 12.0. The lowest BCUT2D eigenvalue weighted by atomic mass is 10.1. The Kier molecular flexibility index (Phi) is 4.31. The smallest absolute Gasteiger partial charge is 0.254 e. The molecule has 5 nitrogen and oxygen atoms in total. The molecule has 2 heterocycles. The number of nitrogens with zero attached hydrogens (tertiary/aromatic N) is 2. The van der Waals surface area contributed by atoms with Crippen molar-refractivity contribution in [2.24, 2.45) is 0 Å². The first-order valence-electron chi connectivity index (χ1n) is 7.44. The van der Waals surface area contributed by atoms with E-state index in [2.05, 4.69) is 15.7 Å². The van der Waals surface area contributed by atoms with Crippen LogP contribution in [0, 0.1) is 0 Å². The molecule has 1 fully saturated rings. The van der Waals surface area contributed by atoms with Crippen LogP contribution in [0.25, 0.3) is 5.69 Å². The highest BCUT2D eigenvalue weighted by Crippen LogP contribution is 2.09. The van der Waals surface area contributed by atoms with Crippen molar-refractivity contribution in [3.05, 3.63) is 48.3 Å². The lowest BCUT2D eigenvalue weighted by Crippen LogP contribution is -2.30. The third-order valence-corrected chi connectivity index (χ3v) is 3.81. The molecule has 1 atom stereocenters. The van der Waals surface area contributed by atoms with Crippen LogP contribution in [-0.4, -0.2) is 34.8 Å². The molecule has 1 amide bonds. The molecule has 0 saturated carbocycles. The van der Waals surface area contributed by atoms with Gasteiger partial charge in [0.05, 0.1) is 17.4 Å². The van der Waals surface area contributed by atoms with Crippen LogP contribution in [-0.2, 0) is 0 Å². The molecule has 1 aromatic heterocycles. The highest BCUT2D eigenvalue weighted by Gasteiger charge is 2.14. The topological polar surface area (TPSA) is 59.0 Å². The van der Waals surface area contributed by atoms with Crippen LogP contribution >= 0.6 is 0 Å². The van der Waals surface area contributed by atoms with Crippen molar-refractivity contribution < 1.29 is 4.79 Å². The van der Waals surface area contributed by atoms with E-state index < -0.39 is 0 Å². The summed E-state index contributed by atoms with van der Waals surface area (Å²) in [6, 6.07) is 10.3. The van der Waals surface area contributed by atoms with Gasteiger partial charge in [-0.15, -0.1) is 0 Å². The summed E-state index contributed by atoms with van der Waals surface area (Å²) in [5.41, 5.74) is 1.55. The summed E-state index contributed by atoms with van der Waals surface area (Å²) in [7, 11) is 0. The number of para-hydroxylation sites is 1. The molecule has 1 aliphatic rings. The van der Waals surface area contributed by atoms with Gasteiger partial charge in [-0.25, -0.2) is 4.68 Å². The van der Waals surface area contributed by atoms with Crippen molar-refractivity contribution in [1.29, 1.82) is 0 Å². The Morgan fingerprint density at radius 1 is 1.38 bits per heavy atom. The normalized spacial score (nSPS) is 17.8. The Morgan fingerprint density at radius 2 is 2.24 bits per heavy atom. The van der Waals surface area contributed by atoms with Crippen molar-refractivity contribution >= 4 is 5.91 Å². The summed E-state index contributed by atoms with van der Waals surface area (Å²) in [4.78, 5) is 12.1. The quantitative estimate of drug-likeness (QED) is 0.879. The van der Waals surface area contributed by atoms with Gasteiger partial charge in [0, 0.05) is 18.8 Å². The molecule has 2 aromatic rings. The Hall–Kier alpha value is -2.14. The second-order valence-corrected chi connectivity index (χ2v) is 5.35. The van der Waals surface area contributed by atoms with E-state index in [1.54, 1.807) is 17.1 Å². The number of hydrogen-bond donors (Lipinski definition) is 2. The van der Waals surface area contributed by atoms with Gasteiger partial charge in [0.15, 0.2) is 0 Å². The number of carbonyl (C=O) groups excluding carboxylic acids is 1. The van der Waals surface area contributed by atoms with Crippen LogP contribution in [0.3, 0.4) is 0 Å². The maximum atomic E-state index is 12.1. The number of amides is 1. The fourth-order valence-electron chi connectivity index (χ4n) is 2.63. The van der Waals surface area contributed by atoms with Gasteiger partial charge in [-0.2, -0.15) is 5.10 Å². The molecule has 21 heavy (non-hydrogen) atoms. The van der Waals surface area contributed by atoms with E-state index in [9.17, 15) is 4.79 Å². The molecule has 0 aliphatic carbocycles. The maximum Gasteiger partial charge on any atom is 0.254 e. The van der Waals surface area contributed by atoms with E-state index >= 15 is 0 Å². The Balaban J connectivity index is 1.54. The summed E-state index contributed by atoms with van der Waals surface area (Å²) in [5, 5.41) is 10.6. The predicted molar refractivity (Wildman–Crippen MR) is 81.5 cm³/mol. The van der Waals surface area contributed by atoms with E-state index in [4.69, 9.17) is 0 Å². The molecule has 3 rings (SSSR count). The summed E-state index contributed by atoms with van der Waals surface area (Å²) in [6.07, 6.45) is 6.80. The number of carbonyl (C=O) groups is 1. The van der Waals surface area contributed by atoms with Crippen LogP contribution in [0.2, 0.25) is 0 Å². The first-order valence-corrected chi connectivity index (χ1v) is 7.44. The van der Waals surface area contributed by atoms with Gasteiger partial charge >= 0.3 is 0 Å². The largest absolute Gasteiger partial charge is 0.352 e. The standard InChI is InChI=1S/C16H20N4O/c21-16(18-10-8-14-5-4-9-17-14)13-11-19-20(12-13)15-6-2-1-3-7-15/h1-3,6-7,11-12,14,17H,4-5,8-10H2,(H,18,21)/t14-/m1/s1. The zero-order valence-electron chi connectivity index (χ0n) is 12.0. The van der Waals surface area contributed by atoms with Crippen LogP contribution in [0.4, 0.5) is 0 Å². The van der Waals surface area contributed by atoms with Gasteiger partial charge < -0.3 is 10.6 Å². The van der Waals surface area contributed by atoms with E-state index in [1.165, 1.54) is 12.8 Å². The summed E-state index contributed by atoms with van der Waals surface area (Å²) >= 11 is 0. The van der Waals surface area contributed by atoms with E-state index in [1.807, 2.05) is 30.3 Å². The monoisotopic (exact) mass is 284 g/mol. The first kappa shape index (κ1) is 13.8. The Bertz CT molecular complexity index is 587. The fourth-order valence-corrected chi connectivity index (χ4v) is 2.63. The lowest BCUT2D eigenvalue weighted by Gasteiger charge is -2.10. The van der Waals surface area contributed by atoms with Gasteiger partial charge in [0.2, 0.25) is 0 Å². The molecule has 0 unspecified atom stereocenters. The minimum absolute atomic E-state index is 0.0600. The molecule has 0 radical (unpaired) electrons. The highest BCUT2D eigenvalue weighted by atomic mass is 16.1. The molecule has 0 bridgehead atoms. The molecular weight excluding hydrogens is 264 g/mol. The summed E-state index contributed by atoms with van der Waals surface area (Å²) in [5.74, 6) is -0.0600. The lowest BCUT2D eigenvalue weighted by molar-refractivity contribution is 0.0952. The van der Waals surface area contributed by atoms with Crippen LogP contribution < -0.4 is 10.6 Å². The Morgan fingerprint density at radius 3 is 3.00 bits per heavy atom. The van der Waals surface area contributed by atoms with Crippen molar-refractivity contribution in [2.45, 2.75) is 25.3 Å². The molecule has 5 heteroatoms. The third-order valence-electron chi connectivity index (χ3n) is 3.81. The van der Waals surface area contributed by atoms with Crippen molar-refractivity contribution in [1.82, 2.24) is 20.4 Å². The first-order chi connectivity index (χ1) is 10.3. The number of aromatic nitrogens is 2. The zero-order chi connectivity index (χ0) is 14.5. The van der Waals surface area contributed by atoms with Crippen molar-refractivity contribution in [2.75, 3.05) is 13.1 Å². The molecule has 1 saturated heterocycles. The molecule has 110 valence electrons. The number of rotatable bonds is 5. The van der Waals surface area contributed by atoms with Crippen molar-refractivity contribution in [3.63, 3.8) is 0 Å². The van der Waals surface area contributed by atoms with Crippen molar-refractivity contribution in [3.8, 4) is 5.69 Å². The molecule has 2 N–H and O–H groups in total. The van der Waals surface area contributed by atoms with Crippen LogP contribution in [0.5, 0.6) is 0 Å². The predicted octanol–water partition coefficient (Wildman–Crippen LogP) is 1.74. The minimum atomic E-state index is -0.0600. The van der Waals surface area contributed by atoms with E-state index in [0.29, 0.717) is 18.2 Å². The summed E-state index contributed by atoms with van der Waals surface area (Å²) in [6.45, 7) is 1.80. The second kappa shape index (κ2) is 6.54. The number of hydrogen-bond acceptors (Lipinski definition) is 3. The van der Waals surface area contributed by atoms with Gasteiger partial charge in [0.25, 0.3) is 5.91 Å². The fraction of sp³-hybridized carbons (Fsp3) is 0.375.